The molecule has 0 radical (unpaired) electrons. The van der Waals surface area contributed by atoms with Gasteiger partial charge in [-0.15, -0.1) is 0 Å². The van der Waals surface area contributed by atoms with Crippen molar-refractivity contribution in [2.24, 2.45) is 0 Å². The maximum absolute atomic E-state index is 12.5. The summed E-state index contributed by atoms with van der Waals surface area (Å²) in [5, 5.41) is 2.52. The van der Waals surface area contributed by atoms with Crippen LogP contribution in [0.1, 0.15) is 40.2 Å². The molecule has 0 heterocycles. The molecule has 1 aromatic carbocycles. The van der Waals surface area contributed by atoms with Gasteiger partial charge in [0.2, 0.25) is 0 Å². The molecule has 8 heteroatoms. The molecule has 0 aliphatic heterocycles. The fraction of sp³-hybridized carbons (Fsp3) is 0.529. The number of benzene rings is 1. The zero-order valence-corrected chi connectivity index (χ0v) is 14.7. The fourth-order valence-electron chi connectivity index (χ4n) is 2.05. The molecule has 2 atom stereocenters. The van der Waals surface area contributed by atoms with Gasteiger partial charge >= 0.3 is 18.2 Å². The van der Waals surface area contributed by atoms with Crippen LogP contribution in [0.15, 0.2) is 30.3 Å². The highest BCUT2D eigenvalue weighted by molar-refractivity contribution is 5.76. The molecular formula is C17H22F3NO4. The van der Waals surface area contributed by atoms with Crippen LogP contribution in [0.25, 0.3) is 0 Å². The number of rotatable bonds is 4. The van der Waals surface area contributed by atoms with Crippen LogP contribution in [-0.4, -0.2) is 29.9 Å². The van der Waals surface area contributed by atoms with Gasteiger partial charge in [0.15, 0.2) is 0 Å². The number of alkyl carbamates (subject to hydrolysis) is 1. The Morgan fingerprint density at radius 3 is 2.00 bits per heavy atom. The third-order valence-corrected chi connectivity index (χ3v) is 3.46. The van der Waals surface area contributed by atoms with Crippen LogP contribution in [0.3, 0.4) is 0 Å². The minimum Gasteiger partial charge on any atom is -0.453 e. The van der Waals surface area contributed by atoms with E-state index in [-0.39, 0.29) is 0 Å². The first-order chi connectivity index (χ1) is 11.3. The highest BCUT2D eigenvalue weighted by atomic mass is 19.4. The van der Waals surface area contributed by atoms with Crippen molar-refractivity contribution in [3.8, 4) is 0 Å². The third kappa shape index (κ3) is 5.95. The van der Waals surface area contributed by atoms with Gasteiger partial charge in [-0.3, -0.25) is 0 Å². The Morgan fingerprint density at radius 1 is 1.04 bits per heavy atom. The summed E-state index contributed by atoms with van der Waals surface area (Å²) in [5.41, 5.74) is -1.76. The summed E-state index contributed by atoms with van der Waals surface area (Å²) < 4.78 is 47.2. The van der Waals surface area contributed by atoms with Crippen LogP contribution < -0.4 is 5.32 Å². The van der Waals surface area contributed by atoms with Crippen molar-refractivity contribution in [3.63, 3.8) is 0 Å². The van der Waals surface area contributed by atoms with E-state index < -0.39 is 35.5 Å². The number of ether oxygens (including phenoxy) is 2. The lowest BCUT2D eigenvalue weighted by Crippen LogP contribution is -2.54. The van der Waals surface area contributed by atoms with E-state index in [1.165, 1.54) is 13.8 Å². The molecule has 0 saturated heterocycles. The van der Waals surface area contributed by atoms with Gasteiger partial charge in [0.25, 0.3) is 0 Å². The number of hydrogen-bond acceptors (Lipinski definition) is 4. The van der Waals surface area contributed by atoms with Gasteiger partial charge in [0.1, 0.15) is 17.2 Å². The Morgan fingerprint density at radius 2 is 1.56 bits per heavy atom. The van der Waals surface area contributed by atoms with Crippen molar-refractivity contribution in [1.82, 2.24) is 5.32 Å². The van der Waals surface area contributed by atoms with Crippen LogP contribution >= 0.6 is 0 Å². The summed E-state index contributed by atoms with van der Waals surface area (Å²) in [6.45, 7) is 7.69. The predicted molar refractivity (Wildman–Crippen MR) is 84.8 cm³/mol. The molecule has 0 spiro atoms. The van der Waals surface area contributed by atoms with Crippen LogP contribution in [-0.2, 0) is 19.8 Å². The normalized spacial score (nSPS) is 15.7. The van der Waals surface area contributed by atoms with E-state index >= 15 is 0 Å². The predicted octanol–water partition coefficient (Wildman–Crippen LogP) is 3.92. The first-order valence-electron chi connectivity index (χ1n) is 7.60. The molecule has 140 valence electrons. The van der Waals surface area contributed by atoms with Crippen molar-refractivity contribution < 1.29 is 32.2 Å². The van der Waals surface area contributed by atoms with E-state index in [1.54, 1.807) is 51.1 Å². The molecule has 0 fully saturated rings. The quantitative estimate of drug-likeness (QED) is 0.826. The third-order valence-electron chi connectivity index (χ3n) is 3.46. The zero-order valence-electron chi connectivity index (χ0n) is 14.7. The Balaban J connectivity index is 3.12. The smallest absolute Gasteiger partial charge is 0.453 e. The maximum Gasteiger partial charge on any atom is 0.490 e. The van der Waals surface area contributed by atoms with Gasteiger partial charge in [-0.25, -0.2) is 9.59 Å². The number of alkyl halides is 3. The van der Waals surface area contributed by atoms with Gasteiger partial charge in [-0.2, -0.15) is 13.2 Å². The van der Waals surface area contributed by atoms with Crippen molar-refractivity contribution in [2.75, 3.05) is 0 Å². The number of halogens is 3. The largest absolute Gasteiger partial charge is 0.490 e. The van der Waals surface area contributed by atoms with Gasteiger partial charge < -0.3 is 14.8 Å². The summed E-state index contributed by atoms with van der Waals surface area (Å²) in [6.07, 6.45) is -7.28. The Kier molecular flexibility index (Phi) is 6.09. The molecule has 0 unspecified atom stereocenters. The molecule has 0 saturated carbocycles. The molecule has 25 heavy (non-hydrogen) atoms. The second kappa shape index (κ2) is 7.33. The molecule has 0 aliphatic carbocycles. The van der Waals surface area contributed by atoms with Crippen LogP contribution in [0, 0.1) is 0 Å². The molecule has 5 nitrogen and oxygen atoms in total. The Bertz CT molecular complexity index is 611. The van der Waals surface area contributed by atoms with E-state index in [0.29, 0.717) is 5.56 Å². The Labute approximate surface area is 144 Å². The number of nitrogens with one attached hydrogen (secondary N) is 1. The first-order valence-corrected chi connectivity index (χ1v) is 7.60. The number of esters is 1. The molecule has 1 N–H and O–H groups in total. The molecule has 0 aliphatic rings. The molecule has 1 aromatic rings. The van der Waals surface area contributed by atoms with Gasteiger partial charge in [0, 0.05) is 0 Å². The Hall–Kier alpha value is -2.25. The maximum atomic E-state index is 12.5. The van der Waals surface area contributed by atoms with E-state index in [2.05, 4.69) is 10.1 Å². The summed E-state index contributed by atoms with van der Waals surface area (Å²) in [7, 11) is 0. The second-order valence-corrected chi connectivity index (χ2v) is 6.74. The minimum atomic E-state index is -5.13. The average molecular weight is 361 g/mol. The van der Waals surface area contributed by atoms with Crippen LogP contribution in [0.2, 0.25) is 0 Å². The molecular weight excluding hydrogens is 339 g/mol. The number of carbonyl (C=O) groups excluding carboxylic acids is 2. The van der Waals surface area contributed by atoms with E-state index in [1.807, 2.05) is 0 Å². The molecule has 0 bridgehead atoms. The van der Waals surface area contributed by atoms with E-state index in [9.17, 15) is 22.8 Å². The lowest BCUT2D eigenvalue weighted by molar-refractivity contribution is -0.207. The first kappa shape index (κ1) is 20.8. The van der Waals surface area contributed by atoms with Gasteiger partial charge in [-0.05, 0) is 40.2 Å². The SMILES string of the molecule is C[C@@H](OC(=O)C(F)(F)F)[C@@](C)(NC(=O)OC(C)(C)C)c1ccccc1. The van der Waals surface area contributed by atoms with Crippen molar-refractivity contribution >= 4 is 12.1 Å². The number of amides is 1. The minimum absolute atomic E-state index is 0.461. The summed E-state index contributed by atoms with van der Waals surface area (Å²) in [4.78, 5) is 23.3. The lowest BCUT2D eigenvalue weighted by Gasteiger charge is -2.37. The highest BCUT2D eigenvalue weighted by Gasteiger charge is 2.46. The summed E-state index contributed by atoms with van der Waals surface area (Å²) >= 11 is 0. The highest BCUT2D eigenvalue weighted by Crippen LogP contribution is 2.29. The van der Waals surface area contributed by atoms with Crippen LogP contribution in [0.4, 0.5) is 18.0 Å². The van der Waals surface area contributed by atoms with Crippen molar-refractivity contribution in [2.45, 2.75) is 58.0 Å². The molecule has 1 amide bonds. The average Bonchev–Trinajstić information content (AvgIpc) is 2.44. The van der Waals surface area contributed by atoms with Gasteiger partial charge in [0.05, 0.1) is 0 Å². The van der Waals surface area contributed by atoms with Crippen LogP contribution in [0.5, 0.6) is 0 Å². The monoisotopic (exact) mass is 361 g/mol. The summed E-state index contributed by atoms with van der Waals surface area (Å²) in [6, 6.07) is 8.24. The fourth-order valence-corrected chi connectivity index (χ4v) is 2.05. The lowest BCUT2D eigenvalue weighted by atomic mass is 9.87. The van der Waals surface area contributed by atoms with E-state index in [0.717, 1.165) is 0 Å². The number of hydrogen-bond donors (Lipinski definition) is 1. The second-order valence-electron chi connectivity index (χ2n) is 6.74. The van der Waals surface area contributed by atoms with Crippen molar-refractivity contribution in [1.29, 1.82) is 0 Å². The number of carbonyl (C=O) groups is 2. The molecule has 1 rings (SSSR count). The summed E-state index contributed by atoms with van der Waals surface area (Å²) in [5.74, 6) is -2.33. The van der Waals surface area contributed by atoms with Crippen molar-refractivity contribution in [3.05, 3.63) is 35.9 Å². The van der Waals surface area contributed by atoms with Gasteiger partial charge in [-0.1, -0.05) is 30.3 Å². The van der Waals surface area contributed by atoms with E-state index in [4.69, 9.17) is 4.74 Å². The molecule has 0 aromatic heterocycles. The zero-order chi connectivity index (χ0) is 19.5. The topological polar surface area (TPSA) is 64.6 Å². The standard InChI is InChI=1S/C17H22F3NO4/c1-11(24-13(22)17(18,19)20)16(5,12-9-7-6-8-10-12)21-14(23)25-15(2,3)4/h6-11H,1-5H3,(H,21,23)/t11-,16-/m1/s1.